The summed E-state index contributed by atoms with van der Waals surface area (Å²) < 4.78 is 11.2. The van der Waals surface area contributed by atoms with Crippen LogP contribution in [0.1, 0.15) is 20.8 Å². The molecule has 0 heterocycles. The Labute approximate surface area is 137 Å². The van der Waals surface area contributed by atoms with E-state index in [1.54, 1.807) is 0 Å². The van der Waals surface area contributed by atoms with Crippen LogP contribution in [-0.2, 0) is 4.79 Å². The lowest BCUT2D eigenvalue weighted by Crippen LogP contribution is -2.27. The number of rotatable bonds is 6. The molecule has 0 bridgehead atoms. The van der Waals surface area contributed by atoms with Crippen molar-refractivity contribution in [2.75, 3.05) is 18.5 Å². The van der Waals surface area contributed by atoms with E-state index < -0.39 is 5.41 Å². The molecule has 0 unspecified atom stereocenters. The van der Waals surface area contributed by atoms with E-state index in [2.05, 4.69) is 5.32 Å². The van der Waals surface area contributed by atoms with Crippen LogP contribution in [0.2, 0.25) is 0 Å². The van der Waals surface area contributed by atoms with Crippen molar-refractivity contribution in [2.24, 2.45) is 5.41 Å². The van der Waals surface area contributed by atoms with E-state index in [-0.39, 0.29) is 5.91 Å². The van der Waals surface area contributed by atoms with Gasteiger partial charge in [0.25, 0.3) is 0 Å². The Morgan fingerprint density at radius 1 is 0.913 bits per heavy atom. The molecule has 2 aromatic rings. The Bertz CT molecular complexity index is 633. The van der Waals surface area contributed by atoms with Crippen molar-refractivity contribution in [1.82, 2.24) is 0 Å². The highest BCUT2D eigenvalue weighted by atomic mass is 16.5. The minimum Gasteiger partial charge on any atom is -0.490 e. The third-order valence-corrected chi connectivity index (χ3v) is 3.14. The zero-order valence-corrected chi connectivity index (χ0v) is 13.8. The molecule has 4 nitrogen and oxygen atoms in total. The van der Waals surface area contributed by atoms with Crippen LogP contribution >= 0.6 is 0 Å². The summed E-state index contributed by atoms with van der Waals surface area (Å²) in [5.41, 5.74) is 0.298. The first-order valence-electron chi connectivity index (χ1n) is 7.67. The van der Waals surface area contributed by atoms with Crippen molar-refractivity contribution < 1.29 is 14.3 Å². The van der Waals surface area contributed by atoms with Gasteiger partial charge in [-0.2, -0.15) is 0 Å². The molecule has 0 fully saturated rings. The molecule has 0 aliphatic heterocycles. The quantitative estimate of drug-likeness (QED) is 0.816. The highest BCUT2D eigenvalue weighted by Gasteiger charge is 2.21. The van der Waals surface area contributed by atoms with E-state index in [1.165, 1.54) is 0 Å². The number of ether oxygens (including phenoxy) is 2. The zero-order valence-electron chi connectivity index (χ0n) is 13.8. The predicted molar refractivity (Wildman–Crippen MR) is 92.0 cm³/mol. The number of amides is 1. The van der Waals surface area contributed by atoms with Gasteiger partial charge in [-0.15, -0.1) is 0 Å². The molecule has 0 spiro atoms. The van der Waals surface area contributed by atoms with Crippen LogP contribution in [0.5, 0.6) is 11.5 Å². The van der Waals surface area contributed by atoms with Crippen LogP contribution in [0.25, 0.3) is 0 Å². The monoisotopic (exact) mass is 313 g/mol. The molecule has 2 rings (SSSR count). The number of nitrogens with one attached hydrogen (secondary N) is 1. The molecule has 0 radical (unpaired) electrons. The summed E-state index contributed by atoms with van der Waals surface area (Å²) >= 11 is 0. The molecule has 2 aromatic carbocycles. The Kier molecular flexibility index (Phi) is 5.63. The number of hydrogen-bond acceptors (Lipinski definition) is 3. The highest BCUT2D eigenvalue weighted by molar-refractivity contribution is 5.94. The summed E-state index contributed by atoms with van der Waals surface area (Å²) in [5.74, 6) is 1.50. The molecule has 0 atom stereocenters. The SMILES string of the molecule is CC(C)(C)C(=O)Nc1cccc(OCCOc2ccccc2)c1. The number of anilines is 1. The lowest BCUT2D eigenvalue weighted by atomic mass is 9.95. The van der Waals surface area contributed by atoms with Crippen molar-refractivity contribution >= 4 is 11.6 Å². The number of para-hydroxylation sites is 1. The van der Waals surface area contributed by atoms with Gasteiger partial charge in [0.2, 0.25) is 5.91 Å². The maximum Gasteiger partial charge on any atom is 0.229 e. The van der Waals surface area contributed by atoms with E-state index >= 15 is 0 Å². The van der Waals surface area contributed by atoms with Gasteiger partial charge < -0.3 is 14.8 Å². The van der Waals surface area contributed by atoms with Crippen molar-refractivity contribution in [3.63, 3.8) is 0 Å². The summed E-state index contributed by atoms with van der Waals surface area (Å²) in [7, 11) is 0. The molecule has 0 aromatic heterocycles. The van der Waals surface area contributed by atoms with Crippen LogP contribution in [0.4, 0.5) is 5.69 Å². The molecule has 0 saturated carbocycles. The minimum absolute atomic E-state index is 0.0259. The lowest BCUT2D eigenvalue weighted by molar-refractivity contribution is -0.123. The average molecular weight is 313 g/mol. The second-order valence-electron chi connectivity index (χ2n) is 6.24. The Morgan fingerprint density at radius 3 is 2.17 bits per heavy atom. The van der Waals surface area contributed by atoms with E-state index in [9.17, 15) is 4.79 Å². The topological polar surface area (TPSA) is 47.6 Å². The van der Waals surface area contributed by atoms with Gasteiger partial charge in [-0.05, 0) is 24.3 Å². The van der Waals surface area contributed by atoms with Crippen molar-refractivity contribution in [3.05, 3.63) is 54.6 Å². The van der Waals surface area contributed by atoms with Crippen LogP contribution in [0.15, 0.2) is 54.6 Å². The molecule has 0 saturated heterocycles. The first-order chi connectivity index (χ1) is 10.9. The van der Waals surface area contributed by atoms with Crippen LogP contribution in [-0.4, -0.2) is 19.1 Å². The number of hydrogen-bond donors (Lipinski definition) is 1. The maximum absolute atomic E-state index is 12.0. The van der Waals surface area contributed by atoms with Crippen molar-refractivity contribution in [1.29, 1.82) is 0 Å². The Balaban J connectivity index is 1.82. The largest absolute Gasteiger partial charge is 0.490 e. The fourth-order valence-corrected chi connectivity index (χ4v) is 1.82. The molecule has 122 valence electrons. The van der Waals surface area contributed by atoms with Gasteiger partial charge in [0.1, 0.15) is 24.7 Å². The summed E-state index contributed by atoms with van der Waals surface area (Å²) in [6.45, 7) is 6.53. The number of carbonyl (C=O) groups is 1. The van der Waals surface area contributed by atoms with Gasteiger partial charge in [-0.3, -0.25) is 4.79 Å². The summed E-state index contributed by atoms with van der Waals surface area (Å²) in [6.07, 6.45) is 0. The standard InChI is InChI=1S/C19H23NO3/c1-19(2,3)18(21)20-15-8-7-11-17(14-15)23-13-12-22-16-9-5-4-6-10-16/h4-11,14H,12-13H2,1-3H3,(H,20,21). The van der Waals surface area contributed by atoms with E-state index in [0.29, 0.717) is 19.0 Å². The third kappa shape index (κ3) is 5.66. The van der Waals surface area contributed by atoms with Gasteiger partial charge in [-0.25, -0.2) is 0 Å². The molecular weight excluding hydrogens is 290 g/mol. The molecule has 1 amide bonds. The molecular formula is C19H23NO3. The third-order valence-electron chi connectivity index (χ3n) is 3.14. The van der Waals surface area contributed by atoms with Gasteiger partial charge in [0, 0.05) is 17.2 Å². The van der Waals surface area contributed by atoms with E-state index in [1.807, 2.05) is 75.4 Å². The van der Waals surface area contributed by atoms with Gasteiger partial charge >= 0.3 is 0 Å². The first kappa shape index (κ1) is 16.9. The lowest BCUT2D eigenvalue weighted by Gasteiger charge is -2.18. The second-order valence-corrected chi connectivity index (χ2v) is 6.24. The number of benzene rings is 2. The van der Waals surface area contributed by atoms with Crippen molar-refractivity contribution in [3.8, 4) is 11.5 Å². The van der Waals surface area contributed by atoms with Crippen LogP contribution in [0, 0.1) is 5.41 Å². The normalized spacial score (nSPS) is 10.9. The smallest absolute Gasteiger partial charge is 0.229 e. The zero-order chi connectivity index (χ0) is 16.7. The minimum atomic E-state index is -0.430. The predicted octanol–water partition coefficient (Wildman–Crippen LogP) is 4.13. The van der Waals surface area contributed by atoms with Gasteiger partial charge in [0.05, 0.1) is 0 Å². The fraction of sp³-hybridized carbons (Fsp3) is 0.316. The number of carbonyl (C=O) groups excluding carboxylic acids is 1. The molecule has 23 heavy (non-hydrogen) atoms. The van der Waals surface area contributed by atoms with E-state index in [4.69, 9.17) is 9.47 Å². The second kappa shape index (κ2) is 7.68. The van der Waals surface area contributed by atoms with Crippen molar-refractivity contribution in [2.45, 2.75) is 20.8 Å². The molecule has 4 heteroatoms. The molecule has 0 aliphatic rings. The van der Waals surface area contributed by atoms with Crippen LogP contribution < -0.4 is 14.8 Å². The Morgan fingerprint density at radius 2 is 1.52 bits per heavy atom. The Hall–Kier alpha value is -2.49. The summed E-state index contributed by atoms with van der Waals surface area (Å²) in [4.78, 5) is 12.0. The molecule has 0 aliphatic carbocycles. The van der Waals surface area contributed by atoms with Gasteiger partial charge in [-0.1, -0.05) is 45.0 Å². The summed E-state index contributed by atoms with van der Waals surface area (Å²) in [6, 6.07) is 17.0. The van der Waals surface area contributed by atoms with E-state index in [0.717, 1.165) is 11.4 Å². The maximum atomic E-state index is 12.0. The average Bonchev–Trinajstić information content (AvgIpc) is 2.52. The highest BCUT2D eigenvalue weighted by Crippen LogP contribution is 2.21. The fourth-order valence-electron chi connectivity index (χ4n) is 1.82. The van der Waals surface area contributed by atoms with Crippen LogP contribution in [0.3, 0.4) is 0 Å². The first-order valence-corrected chi connectivity index (χ1v) is 7.67. The van der Waals surface area contributed by atoms with Gasteiger partial charge in [0.15, 0.2) is 0 Å². The summed E-state index contributed by atoms with van der Waals surface area (Å²) in [5, 5.41) is 2.89. The molecule has 1 N–H and O–H groups in total.